The largest absolute Gasteiger partial charge is 0.493 e. The van der Waals surface area contributed by atoms with Gasteiger partial charge in [0.15, 0.2) is 0 Å². The van der Waals surface area contributed by atoms with Gasteiger partial charge in [0.25, 0.3) is 0 Å². The van der Waals surface area contributed by atoms with Crippen LogP contribution in [0.5, 0.6) is 5.75 Å². The number of aromatic nitrogens is 2. The molecule has 1 aromatic heterocycles. The molecule has 0 saturated carbocycles. The second kappa shape index (κ2) is 6.22. The number of hydrogen-bond acceptors (Lipinski definition) is 3. The van der Waals surface area contributed by atoms with Crippen LogP contribution in [0.1, 0.15) is 17.0 Å². The number of aryl methyl sites for hydroxylation is 2. The van der Waals surface area contributed by atoms with Gasteiger partial charge in [0.1, 0.15) is 21.9 Å². The van der Waals surface area contributed by atoms with Crippen LogP contribution in [0, 0.1) is 13.8 Å². The lowest BCUT2D eigenvalue weighted by Gasteiger charge is -2.08. The molecule has 0 aliphatic carbocycles. The summed E-state index contributed by atoms with van der Waals surface area (Å²) < 4.78 is 5.66. The molecule has 2 aromatic rings. The third-order valence-corrected chi connectivity index (χ3v) is 3.17. The second-order valence-corrected chi connectivity index (χ2v) is 5.05. The molecular weight excluding hydrogens is 283 g/mol. The van der Waals surface area contributed by atoms with Crippen LogP contribution in [0.25, 0.3) is 0 Å². The molecule has 0 unspecified atom stereocenters. The van der Waals surface area contributed by atoms with E-state index in [1.807, 2.05) is 18.2 Å². The van der Waals surface area contributed by atoms with Crippen molar-refractivity contribution in [3.63, 3.8) is 0 Å². The van der Waals surface area contributed by atoms with Gasteiger partial charge in [-0.15, -0.1) is 0 Å². The summed E-state index contributed by atoms with van der Waals surface area (Å²) in [6, 6.07) is 7.52. The summed E-state index contributed by atoms with van der Waals surface area (Å²) in [6.07, 6.45) is 0.563. The predicted octanol–water partition coefficient (Wildman–Crippen LogP) is 4.02. The van der Waals surface area contributed by atoms with E-state index in [4.69, 9.17) is 27.9 Å². The van der Waals surface area contributed by atoms with E-state index in [0.29, 0.717) is 29.2 Å². The molecule has 3 nitrogen and oxygen atoms in total. The molecule has 0 aliphatic heterocycles. The smallest absolute Gasteiger partial charge is 0.135 e. The van der Waals surface area contributed by atoms with E-state index in [9.17, 15) is 0 Å². The first-order valence-corrected chi connectivity index (χ1v) is 6.69. The highest BCUT2D eigenvalue weighted by Crippen LogP contribution is 2.17. The zero-order chi connectivity index (χ0) is 13.8. The molecule has 0 bridgehead atoms. The van der Waals surface area contributed by atoms with Crippen LogP contribution in [0.15, 0.2) is 24.3 Å². The maximum absolute atomic E-state index is 5.81. The summed E-state index contributed by atoms with van der Waals surface area (Å²) in [4.78, 5) is 8.17. The molecule has 2 rings (SSSR count). The average Bonchev–Trinajstić information content (AvgIpc) is 2.32. The fraction of sp³-hybridized carbons (Fsp3) is 0.286. The van der Waals surface area contributed by atoms with Gasteiger partial charge in [0, 0.05) is 12.5 Å². The van der Waals surface area contributed by atoms with Gasteiger partial charge < -0.3 is 4.74 Å². The Morgan fingerprint density at radius 2 is 1.68 bits per heavy atom. The zero-order valence-electron chi connectivity index (χ0n) is 10.8. The Hall–Kier alpha value is -1.32. The maximum atomic E-state index is 5.81. The lowest BCUT2D eigenvalue weighted by molar-refractivity contribution is 0.318. The minimum absolute atomic E-state index is 0.348. The molecule has 100 valence electrons. The van der Waals surface area contributed by atoms with Crippen LogP contribution in [0.2, 0.25) is 10.3 Å². The molecule has 0 amide bonds. The Bertz CT molecular complexity index is 567. The first-order chi connectivity index (χ1) is 9.04. The molecule has 0 fully saturated rings. The van der Waals surface area contributed by atoms with E-state index in [1.54, 1.807) is 0 Å². The minimum Gasteiger partial charge on any atom is -0.493 e. The van der Waals surface area contributed by atoms with Crippen LogP contribution in [-0.2, 0) is 6.42 Å². The van der Waals surface area contributed by atoms with Crippen molar-refractivity contribution in [2.75, 3.05) is 6.61 Å². The highest BCUT2D eigenvalue weighted by Gasteiger charge is 2.03. The monoisotopic (exact) mass is 296 g/mol. The normalized spacial score (nSPS) is 10.5. The van der Waals surface area contributed by atoms with Gasteiger partial charge in [-0.05, 0) is 37.1 Å². The van der Waals surface area contributed by atoms with Crippen molar-refractivity contribution in [3.05, 3.63) is 51.5 Å². The van der Waals surface area contributed by atoms with Crippen molar-refractivity contribution in [1.82, 2.24) is 9.97 Å². The number of ether oxygens (including phenoxy) is 1. The fourth-order valence-corrected chi connectivity index (χ4v) is 2.07. The van der Waals surface area contributed by atoms with Crippen LogP contribution < -0.4 is 4.74 Å². The number of hydrogen-bond donors (Lipinski definition) is 0. The van der Waals surface area contributed by atoms with E-state index in [0.717, 1.165) is 5.75 Å². The fourth-order valence-electron chi connectivity index (χ4n) is 1.61. The van der Waals surface area contributed by atoms with Crippen LogP contribution in [-0.4, -0.2) is 16.6 Å². The Morgan fingerprint density at radius 1 is 1.00 bits per heavy atom. The van der Waals surface area contributed by atoms with Crippen molar-refractivity contribution in [3.8, 4) is 5.75 Å². The van der Waals surface area contributed by atoms with E-state index in [2.05, 4.69) is 23.8 Å². The van der Waals surface area contributed by atoms with E-state index < -0.39 is 0 Å². The van der Waals surface area contributed by atoms with Gasteiger partial charge in [-0.25, -0.2) is 9.97 Å². The lowest BCUT2D eigenvalue weighted by Crippen LogP contribution is -2.05. The Balaban J connectivity index is 1.94. The van der Waals surface area contributed by atoms with Gasteiger partial charge in [-0.2, -0.15) is 0 Å². The summed E-state index contributed by atoms with van der Waals surface area (Å²) in [6.45, 7) is 4.61. The van der Waals surface area contributed by atoms with Gasteiger partial charge in [0.2, 0.25) is 0 Å². The molecule has 1 heterocycles. The van der Waals surface area contributed by atoms with Gasteiger partial charge in [-0.1, -0.05) is 29.3 Å². The highest BCUT2D eigenvalue weighted by molar-refractivity contribution is 6.33. The van der Waals surface area contributed by atoms with Crippen LogP contribution in [0.3, 0.4) is 0 Å². The van der Waals surface area contributed by atoms with Crippen molar-refractivity contribution >= 4 is 23.2 Å². The standard InChI is InChI=1S/C14H14Cl2N2O/c1-9-3-4-11(7-10(9)2)19-6-5-14-17-12(15)8-13(16)18-14/h3-4,7-8H,5-6H2,1-2H3. The summed E-state index contributed by atoms with van der Waals surface area (Å²) in [7, 11) is 0. The molecule has 0 saturated heterocycles. The Morgan fingerprint density at radius 3 is 2.32 bits per heavy atom. The summed E-state index contributed by atoms with van der Waals surface area (Å²) in [5.74, 6) is 1.43. The van der Waals surface area contributed by atoms with Crippen molar-refractivity contribution in [2.24, 2.45) is 0 Å². The van der Waals surface area contributed by atoms with Gasteiger partial charge >= 0.3 is 0 Å². The van der Waals surface area contributed by atoms with E-state index in [1.165, 1.54) is 17.2 Å². The number of nitrogens with zero attached hydrogens (tertiary/aromatic N) is 2. The van der Waals surface area contributed by atoms with Crippen molar-refractivity contribution in [1.29, 1.82) is 0 Å². The molecule has 0 radical (unpaired) electrons. The molecule has 0 aliphatic rings. The predicted molar refractivity (Wildman–Crippen MR) is 77.2 cm³/mol. The topological polar surface area (TPSA) is 35.0 Å². The number of halogens is 2. The quantitative estimate of drug-likeness (QED) is 0.799. The molecule has 19 heavy (non-hydrogen) atoms. The first-order valence-electron chi connectivity index (χ1n) is 5.93. The third kappa shape index (κ3) is 4.08. The second-order valence-electron chi connectivity index (χ2n) is 4.27. The maximum Gasteiger partial charge on any atom is 0.135 e. The Labute approximate surface area is 122 Å². The SMILES string of the molecule is Cc1ccc(OCCc2nc(Cl)cc(Cl)n2)cc1C. The highest BCUT2D eigenvalue weighted by atomic mass is 35.5. The minimum atomic E-state index is 0.348. The summed E-state index contributed by atoms with van der Waals surface area (Å²) in [5.41, 5.74) is 2.46. The number of rotatable bonds is 4. The first kappa shape index (κ1) is 14.1. The van der Waals surface area contributed by atoms with Crippen LogP contribution in [0.4, 0.5) is 0 Å². The molecular formula is C14H14Cl2N2O. The van der Waals surface area contributed by atoms with Gasteiger partial charge in [-0.3, -0.25) is 0 Å². The average molecular weight is 297 g/mol. The molecule has 0 atom stereocenters. The van der Waals surface area contributed by atoms with Crippen molar-refractivity contribution < 1.29 is 4.74 Å². The molecule has 1 aromatic carbocycles. The van der Waals surface area contributed by atoms with Crippen LogP contribution >= 0.6 is 23.2 Å². The van der Waals surface area contributed by atoms with E-state index in [-0.39, 0.29) is 0 Å². The van der Waals surface area contributed by atoms with Gasteiger partial charge in [0.05, 0.1) is 6.61 Å². The molecule has 5 heteroatoms. The summed E-state index contributed by atoms with van der Waals surface area (Å²) >= 11 is 11.6. The zero-order valence-corrected chi connectivity index (χ0v) is 12.3. The molecule has 0 spiro atoms. The summed E-state index contributed by atoms with van der Waals surface area (Å²) in [5, 5.41) is 0.697. The van der Waals surface area contributed by atoms with E-state index >= 15 is 0 Å². The lowest BCUT2D eigenvalue weighted by atomic mass is 10.1. The third-order valence-electron chi connectivity index (χ3n) is 2.78. The number of benzene rings is 1. The molecule has 0 N–H and O–H groups in total. The Kier molecular flexibility index (Phi) is 4.61. The van der Waals surface area contributed by atoms with Crippen molar-refractivity contribution in [2.45, 2.75) is 20.3 Å².